The van der Waals surface area contributed by atoms with Gasteiger partial charge in [0.2, 0.25) is 0 Å². The second kappa shape index (κ2) is 38.8. The summed E-state index contributed by atoms with van der Waals surface area (Å²) in [6.45, 7) is 3.58. The van der Waals surface area contributed by atoms with Gasteiger partial charge < -0.3 is 34.4 Å². The Kier molecular flexibility index (Phi) is 70.0. The smallest absolute Gasteiger partial charge is 0.329 e. The zero-order valence-electron chi connectivity index (χ0n) is 8.28. The molecule has 0 aromatic carbocycles. The molecule has 7 heteroatoms. The third-order valence-corrected chi connectivity index (χ3v) is 0.500. The van der Waals surface area contributed by atoms with Crippen molar-refractivity contribution in [2.45, 2.75) is 0 Å². The summed E-state index contributed by atoms with van der Waals surface area (Å²) >= 11 is 0. The molecule has 12 N–H and O–H groups in total. The molecule has 0 rings (SSSR count). The van der Waals surface area contributed by atoms with Crippen LogP contribution in [0.2, 0.25) is 0 Å². The van der Waals surface area contributed by atoms with Crippen LogP contribution in [0, 0.1) is 0 Å². The maximum absolute atomic E-state index is 4.90. The molecule has 0 heterocycles. The number of hydrogen-bond acceptors (Lipinski definition) is 6. The summed E-state index contributed by atoms with van der Waals surface area (Å²) in [5, 5.41) is 0. The van der Waals surface area contributed by atoms with Crippen LogP contribution in [-0.2, 0) is 0 Å². The van der Waals surface area contributed by atoms with Crippen LogP contribution in [0.1, 0.15) is 0 Å². The minimum absolute atomic E-state index is 0. The summed E-state index contributed by atoms with van der Waals surface area (Å²) in [5.41, 5.74) is 29.4. The normalized spacial score (nSPS) is 6.92. The van der Waals surface area contributed by atoms with Gasteiger partial charge in [0.05, 0.1) is 0 Å². The third kappa shape index (κ3) is 107. The predicted octanol–water partition coefficient (Wildman–Crippen LogP) is -3.67. The maximum atomic E-state index is 4.90. The van der Waals surface area contributed by atoms with Gasteiger partial charge in [0, 0.05) is 39.3 Å². The van der Waals surface area contributed by atoms with E-state index >= 15 is 0 Å². The molecule has 13 heavy (non-hydrogen) atoms. The van der Waals surface area contributed by atoms with Gasteiger partial charge in [-0.2, -0.15) is 0 Å². The average Bonchev–Trinajstić information content (AvgIpc) is 2.18. The Balaban J connectivity index is -0.0000000450. The Morgan fingerprint density at radius 1 is 0.385 bits per heavy atom. The van der Waals surface area contributed by atoms with Crippen molar-refractivity contribution in [3.63, 3.8) is 0 Å². The van der Waals surface area contributed by atoms with E-state index in [2.05, 4.69) is 0 Å². The van der Waals surface area contributed by atoms with Gasteiger partial charge in [-0.3, -0.25) is 0 Å². The predicted molar refractivity (Wildman–Crippen MR) is 60.1 cm³/mol. The molecule has 0 aromatic heterocycles. The van der Waals surface area contributed by atoms with Gasteiger partial charge >= 0.3 is 27.3 Å². The summed E-state index contributed by atoms with van der Waals surface area (Å²) in [6.07, 6.45) is 0. The van der Waals surface area contributed by atoms with Crippen LogP contribution in [0.3, 0.4) is 0 Å². The van der Waals surface area contributed by atoms with E-state index in [1.807, 2.05) is 0 Å². The second-order valence-corrected chi connectivity index (χ2v) is 1.73. The van der Waals surface area contributed by atoms with Crippen molar-refractivity contribution in [2.75, 3.05) is 39.3 Å². The Morgan fingerprint density at radius 2 is 0.462 bits per heavy atom. The van der Waals surface area contributed by atoms with Gasteiger partial charge in [0.15, 0.2) is 0 Å². The van der Waals surface area contributed by atoms with Crippen LogP contribution >= 0.6 is 0 Å². The first kappa shape index (κ1) is 23.5. The Hall–Kier alpha value is 0.682. The molecule has 0 radical (unpaired) electrons. The Bertz CT molecular complexity index is 32.6. The molecule has 0 spiro atoms. The van der Waals surface area contributed by atoms with E-state index < -0.39 is 0 Å². The van der Waals surface area contributed by atoms with Crippen molar-refractivity contribution in [2.24, 2.45) is 34.4 Å². The summed E-state index contributed by atoms with van der Waals surface area (Å²) in [7, 11) is 0. The monoisotopic (exact) mass is 385 g/mol. The van der Waals surface area contributed by atoms with Crippen LogP contribution in [0.25, 0.3) is 0 Å². The molecule has 0 saturated carbocycles. The van der Waals surface area contributed by atoms with Gasteiger partial charge in [-0.25, -0.2) is 0 Å². The number of nitrogens with two attached hydrogens (primary N) is 6. The van der Waals surface area contributed by atoms with Crippen molar-refractivity contribution >= 4 is 27.3 Å². The SMILES string of the molecule is NCCN.NCCN.NCCN.[Tl+3]. The number of rotatable bonds is 3. The van der Waals surface area contributed by atoms with E-state index in [1.54, 1.807) is 0 Å². The molecule has 0 fully saturated rings. The van der Waals surface area contributed by atoms with Crippen LogP contribution < -0.4 is 34.4 Å². The van der Waals surface area contributed by atoms with Crippen LogP contribution in [0.5, 0.6) is 0 Å². The first-order chi connectivity index (χ1) is 5.74. The van der Waals surface area contributed by atoms with Gasteiger partial charge in [-0.1, -0.05) is 0 Å². The zero-order valence-corrected chi connectivity index (χ0v) is 12.8. The summed E-state index contributed by atoms with van der Waals surface area (Å²) in [5.74, 6) is 0. The minimum atomic E-state index is 0. The van der Waals surface area contributed by atoms with Crippen molar-refractivity contribution in [3.8, 4) is 0 Å². The van der Waals surface area contributed by atoms with E-state index in [4.69, 9.17) is 34.4 Å². The molecule has 0 aliphatic heterocycles. The van der Waals surface area contributed by atoms with Crippen LogP contribution in [0.15, 0.2) is 0 Å². The molecule has 0 bridgehead atoms. The summed E-state index contributed by atoms with van der Waals surface area (Å²) in [6, 6.07) is 0. The first-order valence-electron chi connectivity index (χ1n) is 3.95. The summed E-state index contributed by atoms with van der Waals surface area (Å²) in [4.78, 5) is 0. The van der Waals surface area contributed by atoms with E-state index in [0.29, 0.717) is 39.3 Å². The topological polar surface area (TPSA) is 156 Å². The molecule has 0 aliphatic rings. The fraction of sp³-hybridized carbons (Fsp3) is 1.00. The van der Waals surface area contributed by atoms with E-state index in [1.165, 1.54) is 0 Å². The summed E-state index contributed by atoms with van der Waals surface area (Å²) < 4.78 is 0. The van der Waals surface area contributed by atoms with E-state index in [0.717, 1.165) is 0 Å². The number of hydrogen-bond donors (Lipinski definition) is 6. The average molecular weight is 385 g/mol. The maximum Gasteiger partial charge on any atom is 3.00 e. The molecular weight excluding hydrogens is 360 g/mol. The largest absolute Gasteiger partial charge is 3.00 e. The molecule has 0 saturated heterocycles. The van der Waals surface area contributed by atoms with Gasteiger partial charge in [0.1, 0.15) is 0 Å². The molecular formula is C6H24N6Tl+3. The standard InChI is InChI=1S/3C2H8N2.Tl/c3*3-1-2-4;/h3*1-4H2;/q;;;+3. The minimum Gasteiger partial charge on any atom is -0.329 e. The molecule has 0 aromatic rings. The molecule has 78 valence electrons. The molecule has 0 amide bonds. The van der Waals surface area contributed by atoms with Gasteiger partial charge in [0.25, 0.3) is 0 Å². The fourth-order valence-corrected chi connectivity index (χ4v) is 0. The van der Waals surface area contributed by atoms with Gasteiger partial charge in [-0.05, 0) is 0 Å². The van der Waals surface area contributed by atoms with E-state index in [-0.39, 0.29) is 27.3 Å². The van der Waals surface area contributed by atoms with Crippen LogP contribution in [0.4, 0.5) is 0 Å². The van der Waals surface area contributed by atoms with Crippen LogP contribution in [-0.4, -0.2) is 66.6 Å². The zero-order chi connectivity index (χ0) is 10.2. The third-order valence-electron chi connectivity index (χ3n) is 0.500. The van der Waals surface area contributed by atoms with Gasteiger partial charge in [-0.15, -0.1) is 0 Å². The van der Waals surface area contributed by atoms with Crippen molar-refractivity contribution < 1.29 is 0 Å². The van der Waals surface area contributed by atoms with Crippen molar-refractivity contribution in [1.29, 1.82) is 0 Å². The molecule has 0 aliphatic carbocycles. The fourth-order valence-electron chi connectivity index (χ4n) is 0. The Labute approximate surface area is 101 Å². The Morgan fingerprint density at radius 3 is 0.462 bits per heavy atom. The van der Waals surface area contributed by atoms with Crippen molar-refractivity contribution in [3.05, 3.63) is 0 Å². The van der Waals surface area contributed by atoms with E-state index in [9.17, 15) is 0 Å². The molecule has 0 unspecified atom stereocenters. The second-order valence-electron chi connectivity index (χ2n) is 1.73. The van der Waals surface area contributed by atoms with Crippen molar-refractivity contribution in [1.82, 2.24) is 0 Å². The molecule has 6 nitrogen and oxygen atoms in total. The quantitative estimate of drug-likeness (QED) is 0.275. The first-order valence-corrected chi connectivity index (χ1v) is 3.95. The molecule has 0 atom stereocenters.